The lowest BCUT2D eigenvalue weighted by molar-refractivity contribution is 0.194. The number of fused-ring (bicyclic) bond motifs is 1. The van der Waals surface area contributed by atoms with Crippen LogP contribution in [0.25, 0.3) is 34.0 Å². The van der Waals surface area contributed by atoms with Crippen LogP contribution in [0, 0.1) is 0 Å². The minimum absolute atomic E-state index is 0.444. The number of H-pyrrole nitrogens is 1. The Labute approximate surface area is 143 Å². The van der Waals surface area contributed by atoms with Crippen LogP contribution in [0.2, 0.25) is 0 Å². The highest BCUT2D eigenvalue weighted by Crippen LogP contribution is 2.29. The molecule has 3 aromatic heterocycles. The van der Waals surface area contributed by atoms with E-state index in [1.54, 1.807) is 0 Å². The molecule has 4 aromatic rings. The van der Waals surface area contributed by atoms with Gasteiger partial charge < -0.3 is 14.2 Å². The van der Waals surface area contributed by atoms with Crippen LogP contribution in [-0.2, 0) is 4.74 Å². The van der Waals surface area contributed by atoms with Crippen LogP contribution in [0.5, 0.6) is 0 Å². The first kappa shape index (κ1) is 14.4. The fraction of sp³-hybridized carbons (Fsp3) is 0.211. The zero-order valence-corrected chi connectivity index (χ0v) is 13.5. The number of aromatic amines is 1. The van der Waals surface area contributed by atoms with Crippen molar-refractivity contribution in [3.8, 4) is 23.0 Å². The zero-order valence-electron chi connectivity index (χ0n) is 13.5. The van der Waals surface area contributed by atoms with E-state index in [0.717, 1.165) is 36.2 Å². The fourth-order valence-corrected chi connectivity index (χ4v) is 3.22. The third kappa shape index (κ3) is 2.60. The van der Waals surface area contributed by atoms with Crippen molar-refractivity contribution >= 4 is 11.0 Å². The maximum atomic E-state index is 5.48. The van der Waals surface area contributed by atoms with Crippen molar-refractivity contribution in [1.29, 1.82) is 0 Å². The molecular weight excluding hydrogens is 316 g/mol. The van der Waals surface area contributed by atoms with Crippen LogP contribution in [0.15, 0.2) is 53.2 Å². The molecule has 1 aromatic carbocycles. The van der Waals surface area contributed by atoms with Gasteiger partial charge in [0.2, 0.25) is 5.82 Å². The van der Waals surface area contributed by atoms with Gasteiger partial charge in [-0.05, 0) is 42.3 Å². The van der Waals surface area contributed by atoms with Crippen molar-refractivity contribution in [3.05, 3.63) is 54.2 Å². The van der Waals surface area contributed by atoms with E-state index >= 15 is 0 Å². The second-order valence-electron chi connectivity index (χ2n) is 6.22. The number of hydrogen-bond acceptors (Lipinski definition) is 5. The first-order chi connectivity index (χ1) is 12.4. The minimum Gasteiger partial charge on any atom is -0.381 e. The molecule has 1 saturated heterocycles. The molecule has 5 rings (SSSR count). The first-order valence-electron chi connectivity index (χ1n) is 8.33. The topological polar surface area (TPSA) is 76.8 Å². The maximum Gasteiger partial charge on any atom is 0.258 e. The summed E-state index contributed by atoms with van der Waals surface area (Å²) in [7, 11) is 0. The molecule has 1 aliphatic rings. The predicted molar refractivity (Wildman–Crippen MR) is 93.0 cm³/mol. The van der Waals surface area contributed by atoms with Gasteiger partial charge in [-0.2, -0.15) is 4.98 Å². The maximum absolute atomic E-state index is 5.48. The number of benzene rings is 1. The Morgan fingerprint density at radius 2 is 2.08 bits per heavy atom. The minimum atomic E-state index is 0.444. The third-order valence-corrected chi connectivity index (χ3v) is 4.60. The molecule has 1 unspecified atom stereocenters. The fourth-order valence-electron chi connectivity index (χ4n) is 3.22. The van der Waals surface area contributed by atoms with Crippen LogP contribution in [0.4, 0.5) is 0 Å². The van der Waals surface area contributed by atoms with E-state index in [-0.39, 0.29) is 0 Å². The van der Waals surface area contributed by atoms with E-state index in [0.29, 0.717) is 23.3 Å². The Morgan fingerprint density at radius 3 is 3.00 bits per heavy atom. The normalized spacial score (nSPS) is 17.4. The van der Waals surface area contributed by atoms with Crippen LogP contribution in [-0.4, -0.2) is 33.3 Å². The number of nitrogens with one attached hydrogen (secondary N) is 1. The molecule has 1 N–H and O–H groups in total. The molecule has 6 heteroatoms. The van der Waals surface area contributed by atoms with Gasteiger partial charge in [-0.3, -0.25) is 0 Å². The predicted octanol–water partition coefficient (Wildman–Crippen LogP) is 3.78. The van der Waals surface area contributed by atoms with Crippen molar-refractivity contribution in [1.82, 2.24) is 20.1 Å². The van der Waals surface area contributed by atoms with E-state index in [1.165, 1.54) is 5.56 Å². The summed E-state index contributed by atoms with van der Waals surface area (Å²) in [5, 5.41) is 5.15. The molecule has 0 aliphatic carbocycles. The molecule has 25 heavy (non-hydrogen) atoms. The van der Waals surface area contributed by atoms with Crippen molar-refractivity contribution in [2.24, 2.45) is 0 Å². The number of rotatable bonds is 3. The largest absolute Gasteiger partial charge is 0.381 e. The molecule has 1 aliphatic heterocycles. The summed E-state index contributed by atoms with van der Waals surface area (Å²) < 4.78 is 11.0. The Balaban J connectivity index is 1.48. The van der Waals surface area contributed by atoms with Crippen molar-refractivity contribution < 1.29 is 9.26 Å². The molecule has 0 spiro atoms. The van der Waals surface area contributed by atoms with Gasteiger partial charge >= 0.3 is 0 Å². The van der Waals surface area contributed by atoms with Crippen LogP contribution in [0.3, 0.4) is 0 Å². The summed E-state index contributed by atoms with van der Waals surface area (Å²) in [5.41, 5.74) is 3.67. The van der Waals surface area contributed by atoms with Crippen molar-refractivity contribution in [2.75, 3.05) is 13.2 Å². The average Bonchev–Trinajstić information content (AvgIpc) is 3.42. The molecule has 1 fully saturated rings. The lowest BCUT2D eigenvalue weighted by Crippen LogP contribution is -1.97. The smallest absolute Gasteiger partial charge is 0.258 e. The SMILES string of the molecule is c1cc(-c2nc(-c3ccc4cc[nH]c4n3)no2)cc(C2CCOC2)c1. The Hall–Kier alpha value is -2.99. The van der Waals surface area contributed by atoms with Gasteiger partial charge in [0.05, 0.1) is 6.61 Å². The lowest BCUT2D eigenvalue weighted by Gasteiger charge is -2.08. The first-order valence-corrected chi connectivity index (χ1v) is 8.33. The van der Waals surface area contributed by atoms with E-state index in [4.69, 9.17) is 9.26 Å². The second kappa shape index (κ2) is 5.82. The Kier molecular flexibility index (Phi) is 3.34. The van der Waals surface area contributed by atoms with Crippen LogP contribution >= 0.6 is 0 Å². The molecule has 0 saturated carbocycles. The highest BCUT2D eigenvalue weighted by atomic mass is 16.5. The van der Waals surface area contributed by atoms with E-state index in [2.05, 4.69) is 32.2 Å². The lowest BCUT2D eigenvalue weighted by atomic mass is 9.97. The van der Waals surface area contributed by atoms with Gasteiger partial charge in [0.25, 0.3) is 5.89 Å². The van der Waals surface area contributed by atoms with Gasteiger partial charge in [-0.1, -0.05) is 17.3 Å². The number of aromatic nitrogens is 4. The van der Waals surface area contributed by atoms with Gasteiger partial charge in [0.1, 0.15) is 11.3 Å². The summed E-state index contributed by atoms with van der Waals surface area (Å²) >= 11 is 0. The van der Waals surface area contributed by atoms with E-state index in [1.807, 2.05) is 36.5 Å². The highest BCUT2D eigenvalue weighted by molar-refractivity contribution is 5.77. The number of ether oxygens (including phenoxy) is 1. The van der Waals surface area contributed by atoms with E-state index < -0.39 is 0 Å². The number of hydrogen-bond donors (Lipinski definition) is 1. The van der Waals surface area contributed by atoms with E-state index in [9.17, 15) is 0 Å². The summed E-state index contributed by atoms with van der Waals surface area (Å²) in [6, 6.07) is 14.1. The third-order valence-electron chi connectivity index (χ3n) is 4.60. The monoisotopic (exact) mass is 332 g/mol. The quantitative estimate of drug-likeness (QED) is 0.618. The Bertz CT molecular complexity index is 1030. The Morgan fingerprint density at radius 1 is 1.08 bits per heavy atom. The van der Waals surface area contributed by atoms with Gasteiger partial charge in [0, 0.05) is 29.7 Å². The number of pyridine rings is 1. The summed E-state index contributed by atoms with van der Waals surface area (Å²) in [5.74, 6) is 1.43. The average molecular weight is 332 g/mol. The molecule has 6 nitrogen and oxygen atoms in total. The molecule has 0 radical (unpaired) electrons. The van der Waals surface area contributed by atoms with Crippen molar-refractivity contribution in [3.63, 3.8) is 0 Å². The van der Waals surface area contributed by atoms with Crippen LogP contribution < -0.4 is 0 Å². The zero-order chi connectivity index (χ0) is 16.6. The molecule has 124 valence electrons. The molecule has 0 amide bonds. The van der Waals surface area contributed by atoms with Crippen LogP contribution in [0.1, 0.15) is 17.9 Å². The molecule has 1 atom stereocenters. The summed E-state index contributed by atoms with van der Waals surface area (Å²) in [6.45, 7) is 1.60. The second-order valence-corrected chi connectivity index (χ2v) is 6.22. The number of nitrogens with zero attached hydrogens (tertiary/aromatic N) is 3. The van der Waals surface area contributed by atoms with Gasteiger partial charge in [-0.15, -0.1) is 0 Å². The summed E-state index contributed by atoms with van der Waals surface area (Å²) in [4.78, 5) is 12.2. The summed E-state index contributed by atoms with van der Waals surface area (Å²) in [6.07, 6.45) is 2.92. The molecule has 0 bridgehead atoms. The highest BCUT2D eigenvalue weighted by Gasteiger charge is 2.19. The van der Waals surface area contributed by atoms with Gasteiger partial charge in [0.15, 0.2) is 0 Å². The molecular formula is C19H16N4O2. The molecule has 4 heterocycles. The van der Waals surface area contributed by atoms with Gasteiger partial charge in [-0.25, -0.2) is 4.98 Å². The van der Waals surface area contributed by atoms with Crippen molar-refractivity contribution in [2.45, 2.75) is 12.3 Å². The standard InChI is InChI=1S/C19H16N4O2/c1-2-13(15-7-9-24-11-15)10-14(3-1)19-22-18(23-25-19)16-5-4-12-6-8-20-17(12)21-16/h1-6,8,10,15H,7,9,11H2,(H,20,21).